The van der Waals surface area contributed by atoms with E-state index in [0.717, 1.165) is 42.0 Å². The normalized spacial score (nSPS) is 18.3. The van der Waals surface area contributed by atoms with Crippen LogP contribution in [0.5, 0.6) is 0 Å². The van der Waals surface area contributed by atoms with E-state index in [2.05, 4.69) is 53.2 Å². The molecule has 1 atom stereocenters. The van der Waals surface area contributed by atoms with E-state index in [1.807, 2.05) is 18.2 Å². The summed E-state index contributed by atoms with van der Waals surface area (Å²) in [5, 5.41) is 8.77. The monoisotopic (exact) mass is 294 g/mol. The molecule has 2 N–H and O–H groups in total. The average Bonchev–Trinajstić information content (AvgIpc) is 2.94. The molecule has 1 fully saturated rings. The first kappa shape index (κ1) is 14.7. The number of hydrogen-bond acceptors (Lipinski definition) is 4. The van der Waals surface area contributed by atoms with Gasteiger partial charge in [-0.3, -0.25) is 0 Å². The Morgan fingerprint density at radius 3 is 2.27 bits per heavy atom. The van der Waals surface area contributed by atoms with Crippen molar-refractivity contribution in [2.45, 2.75) is 26.3 Å². The van der Waals surface area contributed by atoms with Crippen molar-refractivity contribution >= 4 is 17.1 Å². The van der Waals surface area contributed by atoms with Crippen LogP contribution in [0.1, 0.15) is 17.5 Å². The second-order valence-corrected chi connectivity index (χ2v) is 5.95. The Labute approximate surface area is 131 Å². The van der Waals surface area contributed by atoms with Crippen molar-refractivity contribution in [3.8, 4) is 0 Å². The Hall–Kier alpha value is -2.20. The minimum Gasteiger partial charge on any atom is -0.370 e. The number of aryl methyl sites for hydroxylation is 2. The van der Waals surface area contributed by atoms with Crippen molar-refractivity contribution in [2.75, 3.05) is 18.0 Å². The summed E-state index contributed by atoms with van der Waals surface area (Å²) < 4.78 is 0. The van der Waals surface area contributed by atoms with Crippen molar-refractivity contribution in [1.29, 1.82) is 0 Å². The summed E-state index contributed by atoms with van der Waals surface area (Å²) in [5.74, 6) is 0. The third-order valence-corrected chi connectivity index (χ3v) is 4.14. The highest BCUT2D eigenvalue weighted by Crippen LogP contribution is 2.27. The molecular weight excluding hydrogens is 272 g/mol. The Balaban J connectivity index is 1.75. The lowest BCUT2D eigenvalue weighted by atomic mass is 10.1. The summed E-state index contributed by atoms with van der Waals surface area (Å²) >= 11 is 0. The van der Waals surface area contributed by atoms with E-state index in [9.17, 15) is 0 Å². The quantitative estimate of drug-likeness (QED) is 0.860. The molecule has 0 amide bonds. The molecule has 22 heavy (non-hydrogen) atoms. The number of anilines is 1. The molecule has 0 spiro atoms. The predicted molar refractivity (Wildman–Crippen MR) is 91.3 cm³/mol. The molecule has 1 saturated heterocycles. The Kier molecular flexibility index (Phi) is 4.20. The number of hydrogen-bond donors (Lipinski definition) is 1. The number of nitrogens with two attached hydrogens (primary N) is 1. The molecule has 2 aromatic rings. The third-order valence-electron chi connectivity index (χ3n) is 4.14. The zero-order valence-electron chi connectivity index (χ0n) is 13.2. The Morgan fingerprint density at radius 2 is 1.68 bits per heavy atom. The maximum absolute atomic E-state index is 5.96. The van der Waals surface area contributed by atoms with Crippen LogP contribution < -0.4 is 10.6 Å². The zero-order valence-corrected chi connectivity index (χ0v) is 13.2. The van der Waals surface area contributed by atoms with Crippen LogP contribution in [0.25, 0.3) is 0 Å². The summed E-state index contributed by atoms with van der Waals surface area (Å²) in [6.07, 6.45) is 1.06. The molecule has 1 heterocycles. The number of nitrogens with zero attached hydrogens (tertiary/aromatic N) is 3. The van der Waals surface area contributed by atoms with Gasteiger partial charge >= 0.3 is 0 Å². The molecule has 4 nitrogen and oxygen atoms in total. The number of azo groups is 1. The first-order chi connectivity index (χ1) is 10.6. The minimum absolute atomic E-state index is 0.295. The van der Waals surface area contributed by atoms with E-state index in [1.54, 1.807) is 0 Å². The van der Waals surface area contributed by atoms with Gasteiger partial charge in [0, 0.05) is 24.8 Å². The average molecular weight is 294 g/mol. The SMILES string of the molecule is Cc1cccc(C)c1N=Nc1ccc(N2CCC(N)C2)cc1. The fraction of sp³-hybridized carbons (Fsp3) is 0.333. The molecule has 1 aliphatic heterocycles. The van der Waals surface area contributed by atoms with Gasteiger partial charge in [-0.2, -0.15) is 10.2 Å². The molecule has 4 heteroatoms. The molecule has 0 aliphatic carbocycles. The molecule has 2 aromatic carbocycles. The molecule has 1 unspecified atom stereocenters. The van der Waals surface area contributed by atoms with Crippen LogP contribution in [0.2, 0.25) is 0 Å². The van der Waals surface area contributed by atoms with E-state index in [0.29, 0.717) is 6.04 Å². The lowest BCUT2D eigenvalue weighted by Crippen LogP contribution is -2.26. The highest BCUT2D eigenvalue weighted by molar-refractivity contribution is 5.55. The van der Waals surface area contributed by atoms with Gasteiger partial charge in [-0.05, 0) is 55.7 Å². The van der Waals surface area contributed by atoms with Crippen LogP contribution in [0, 0.1) is 13.8 Å². The molecule has 0 saturated carbocycles. The van der Waals surface area contributed by atoms with E-state index < -0.39 is 0 Å². The number of rotatable bonds is 3. The largest absolute Gasteiger partial charge is 0.370 e. The molecule has 1 aliphatic rings. The predicted octanol–water partition coefficient (Wildman–Crippen LogP) is 4.26. The van der Waals surface area contributed by atoms with Crippen LogP contribution in [0.4, 0.5) is 17.1 Å². The van der Waals surface area contributed by atoms with Crippen molar-refractivity contribution in [1.82, 2.24) is 0 Å². The van der Waals surface area contributed by atoms with Gasteiger partial charge in [0.1, 0.15) is 0 Å². The van der Waals surface area contributed by atoms with Crippen molar-refractivity contribution < 1.29 is 0 Å². The second kappa shape index (κ2) is 6.28. The van der Waals surface area contributed by atoms with Crippen LogP contribution in [-0.2, 0) is 0 Å². The van der Waals surface area contributed by atoms with E-state index in [-0.39, 0.29) is 0 Å². The minimum atomic E-state index is 0.295. The van der Waals surface area contributed by atoms with Gasteiger partial charge in [0.25, 0.3) is 0 Å². The van der Waals surface area contributed by atoms with Gasteiger partial charge in [0.05, 0.1) is 11.4 Å². The van der Waals surface area contributed by atoms with Crippen LogP contribution in [0.3, 0.4) is 0 Å². The lowest BCUT2D eigenvalue weighted by Gasteiger charge is -2.17. The smallest absolute Gasteiger partial charge is 0.0915 e. The maximum Gasteiger partial charge on any atom is 0.0915 e. The molecule has 0 bridgehead atoms. The summed E-state index contributed by atoms with van der Waals surface area (Å²) in [6, 6.07) is 14.7. The zero-order chi connectivity index (χ0) is 15.5. The Bertz CT molecular complexity index is 656. The molecule has 3 rings (SSSR count). The van der Waals surface area contributed by atoms with Gasteiger partial charge in [-0.15, -0.1) is 0 Å². The molecule has 0 radical (unpaired) electrons. The summed E-state index contributed by atoms with van der Waals surface area (Å²) in [6.45, 7) is 6.08. The molecular formula is C18H22N4. The van der Waals surface area contributed by atoms with Gasteiger partial charge in [-0.1, -0.05) is 18.2 Å². The lowest BCUT2D eigenvalue weighted by molar-refractivity contribution is 0.752. The van der Waals surface area contributed by atoms with Gasteiger partial charge in [0.2, 0.25) is 0 Å². The Morgan fingerprint density at radius 1 is 1.00 bits per heavy atom. The van der Waals surface area contributed by atoms with Crippen molar-refractivity contribution in [3.63, 3.8) is 0 Å². The fourth-order valence-electron chi connectivity index (χ4n) is 2.82. The van der Waals surface area contributed by atoms with Gasteiger partial charge in [-0.25, -0.2) is 0 Å². The second-order valence-electron chi connectivity index (χ2n) is 5.95. The van der Waals surface area contributed by atoms with Crippen molar-refractivity contribution in [3.05, 3.63) is 53.6 Å². The highest BCUT2D eigenvalue weighted by atomic mass is 15.2. The fourth-order valence-corrected chi connectivity index (χ4v) is 2.82. The van der Waals surface area contributed by atoms with Crippen molar-refractivity contribution in [2.24, 2.45) is 16.0 Å². The molecule has 0 aromatic heterocycles. The van der Waals surface area contributed by atoms with Gasteiger partial charge < -0.3 is 10.6 Å². The maximum atomic E-state index is 5.96. The van der Waals surface area contributed by atoms with Gasteiger partial charge in [0.15, 0.2) is 0 Å². The van der Waals surface area contributed by atoms with Crippen LogP contribution in [0.15, 0.2) is 52.7 Å². The molecule has 114 valence electrons. The topological polar surface area (TPSA) is 54.0 Å². The first-order valence-corrected chi connectivity index (χ1v) is 7.72. The summed E-state index contributed by atoms with van der Waals surface area (Å²) in [4.78, 5) is 2.32. The van der Waals surface area contributed by atoms with Crippen LogP contribution in [-0.4, -0.2) is 19.1 Å². The highest BCUT2D eigenvalue weighted by Gasteiger charge is 2.18. The van der Waals surface area contributed by atoms with E-state index >= 15 is 0 Å². The first-order valence-electron chi connectivity index (χ1n) is 7.72. The standard InChI is InChI=1S/C18H22N4/c1-13-4-3-5-14(2)18(13)21-20-16-6-8-17(9-7-16)22-11-10-15(19)12-22/h3-9,15H,10-12,19H2,1-2H3. The third kappa shape index (κ3) is 3.17. The summed E-state index contributed by atoms with van der Waals surface area (Å²) in [5.41, 5.74) is 11.3. The van der Waals surface area contributed by atoms with E-state index in [1.165, 1.54) is 5.69 Å². The summed E-state index contributed by atoms with van der Waals surface area (Å²) in [7, 11) is 0. The van der Waals surface area contributed by atoms with E-state index in [4.69, 9.17) is 5.73 Å². The number of benzene rings is 2. The van der Waals surface area contributed by atoms with Crippen LogP contribution >= 0.6 is 0 Å².